The molecule has 2 heterocycles. The molecule has 7 nitrogen and oxygen atoms in total. The van der Waals surface area contributed by atoms with Crippen LogP contribution in [0.3, 0.4) is 0 Å². The average molecular weight is 508 g/mol. The molecule has 11 heteroatoms. The maximum absolute atomic E-state index is 12.8. The SMILES string of the molecule is O=C(Cc1ccc(C(F)(F)F)c(Cl)c1)NCc1ccc2c(c1)CN(C1CCCC(=O)NC1=O)C2=O. The molecule has 2 N–H and O–H groups in total. The minimum Gasteiger partial charge on any atom is -0.352 e. The van der Waals surface area contributed by atoms with Gasteiger partial charge in [-0.1, -0.05) is 29.8 Å². The van der Waals surface area contributed by atoms with Gasteiger partial charge in [-0.05, 0) is 47.7 Å². The van der Waals surface area contributed by atoms with Crippen molar-refractivity contribution < 1.29 is 32.3 Å². The first-order valence-corrected chi connectivity index (χ1v) is 11.3. The molecule has 0 aliphatic carbocycles. The summed E-state index contributed by atoms with van der Waals surface area (Å²) >= 11 is 5.70. The van der Waals surface area contributed by atoms with E-state index in [9.17, 15) is 32.3 Å². The number of rotatable bonds is 5. The lowest BCUT2D eigenvalue weighted by molar-refractivity contribution is -0.137. The lowest BCUT2D eigenvalue weighted by atomic mass is 10.1. The number of carbonyl (C=O) groups is 4. The van der Waals surface area contributed by atoms with Crippen molar-refractivity contribution in [3.8, 4) is 0 Å². The normalized spacial score (nSPS) is 18.2. The fourth-order valence-corrected chi connectivity index (χ4v) is 4.58. The van der Waals surface area contributed by atoms with Crippen LogP contribution in [0.25, 0.3) is 0 Å². The van der Waals surface area contributed by atoms with Gasteiger partial charge in [-0.25, -0.2) is 0 Å². The Balaban J connectivity index is 1.37. The summed E-state index contributed by atoms with van der Waals surface area (Å²) in [5.41, 5.74) is 1.27. The summed E-state index contributed by atoms with van der Waals surface area (Å²) < 4.78 is 38.5. The van der Waals surface area contributed by atoms with Crippen LogP contribution in [0.2, 0.25) is 5.02 Å². The minimum absolute atomic E-state index is 0.146. The van der Waals surface area contributed by atoms with Crippen LogP contribution >= 0.6 is 11.6 Å². The van der Waals surface area contributed by atoms with Crippen LogP contribution < -0.4 is 10.6 Å². The molecule has 0 spiro atoms. The summed E-state index contributed by atoms with van der Waals surface area (Å²) in [7, 11) is 0. The molecule has 1 saturated heterocycles. The van der Waals surface area contributed by atoms with Crippen LogP contribution in [0.4, 0.5) is 13.2 Å². The van der Waals surface area contributed by atoms with Gasteiger partial charge in [0.1, 0.15) is 6.04 Å². The fourth-order valence-electron chi connectivity index (χ4n) is 4.27. The summed E-state index contributed by atoms with van der Waals surface area (Å²) in [6, 6.07) is 7.54. The first-order chi connectivity index (χ1) is 16.5. The predicted molar refractivity (Wildman–Crippen MR) is 119 cm³/mol. The summed E-state index contributed by atoms with van der Waals surface area (Å²) in [6.45, 7) is 0.360. The summed E-state index contributed by atoms with van der Waals surface area (Å²) in [4.78, 5) is 50.5. The molecule has 35 heavy (non-hydrogen) atoms. The molecule has 184 valence electrons. The van der Waals surface area contributed by atoms with Crippen molar-refractivity contribution in [2.24, 2.45) is 0 Å². The maximum Gasteiger partial charge on any atom is 0.417 e. The zero-order valence-electron chi connectivity index (χ0n) is 18.4. The van der Waals surface area contributed by atoms with Crippen molar-refractivity contribution in [2.75, 3.05) is 0 Å². The van der Waals surface area contributed by atoms with Crippen molar-refractivity contribution >= 4 is 35.2 Å². The van der Waals surface area contributed by atoms with Gasteiger partial charge < -0.3 is 10.2 Å². The fraction of sp³-hybridized carbons (Fsp3) is 0.333. The monoisotopic (exact) mass is 507 g/mol. The third-order valence-electron chi connectivity index (χ3n) is 6.02. The van der Waals surface area contributed by atoms with Crippen molar-refractivity contribution in [3.63, 3.8) is 0 Å². The van der Waals surface area contributed by atoms with Crippen LogP contribution in [-0.4, -0.2) is 34.6 Å². The highest BCUT2D eigenvalue weighted by Crippen LogP contribution is 2.35. The molecular formula is C24H21ClF3N3O4. The van der Waals surface area contributed by atoms with E-state index in [1.807, 2.05) is 0 Å². The Morgan fingerprint density at radius 1 is 1.11 bits per heavy atom. The number of alkyl halides is 3. The molecule has 4 rings (SSSR count). The quantitative estimate of drug-likeness (QED) is 0.607. The summed E-state index contributed by atoms with van der Waals surface area (Å²) in [6.07, 6.45) is -3.58. The van der Waals surface area contributed by atoms with E-state index in [0.717, 1.165) is 17.7 Å². The van der Waals surface area contributed by atoms with E-state index in [4.69, 9.17) is 11.6 Å². The third-order valence-corrected chi connectivity index (χ3v) is 6.33. The zero-order valence-corrected chi connectivity index (χ0v) is 19.1. The summed E-state index contributed by atoms with van der Waals surface area (Å²) in [5, 5.41) is 4.55. The maximum atomic E-state index is 12.8. The van der Waals surface area contributed by atoms with E-state index in [1.165, 1.54) is 11.0 Å². The number of nitrogens with zero attached hydrogens (tertiary/aromatic N) is 1. The topological polar surface area (TPSA) is 95.6 Å². The number of hydrogen-bond donors (Lipinski definition) is 2. The van der Waals surface area contributed by atoms with Gasteiger partial charge in [0.25, 0.3) is 5.91 Å². The number of benzene rings is 2. The number of fused-ring (bicyclic) bond motifs is 1. The molecule has 2 aromatic carbocycles. The first kappa shape index (κ1) is 24.7. The second-order valence-corrected chi connectivity index (χ2v) is 8.92. The Labute approximate surface area is 203 Å². The lowest BCUT2D eigenvalue weighted by Gasteiger charge is -2.24. The van der Waals surface area contributed by atoms with Crippen LogP contribution in [-0.2, 0) is 40.1 Å². The highest BCUT2D eigenvalue weighted by atomic mass is 35.5. The molecule has 1 unspecified atom stereocenters. The van der Waals surface area contributed by atoms with Gasteiger partial charge in [0, 0.05) is 25.1 Å². The average Bonchev–Trinajstić information content (AvgIpc) is 2.99. The highest BCUT2D eigenvalue weighted by molar-refractivity contribution is 6.31. The van der Waals surface area contributed by atoms with Crippen LogP contribution in [0.1, 0.15) is 51.9 Å². The smallest absolute Gasteiger partial charge is 0.352 e. The van der Waals surface area contributed by atoms with Gasteiger partial charge >= 0.3 is 6.18 Å². The molecule has 0 saturated carbocycles. The lowest BCUT2D eigenvalue weighted by Crippen LogP contribution is -2.46. The Morgan fingerprint density at radius 3 is 2.57 bits per heavy atom. The van der Waals surface area contributed by atoms with Crippen molar-refractivity contribution in [1.82, 2.24) is 15.5 Å². The zero-order chi connectivity index (χ0) is 25.3. The number of carbonyl (C=O) groups excluding carboxylic acids is 4. The van der Waals surface area contributed by atoms with Crippen LogP contribution in [0, 0.1) is 0 Å². The van der Waals surface area contributed by atoms with Gasteiger partial charge in [-0.2, -0.15) is 13.2 Å². The van der Waals surface area contributed by atoms with E-state index in [2.05, 4.69) is 10.6 Å². The largest absolute Gasteiger partial charge is 0.417 e. The molecular weight excluding hydrogens is 487 g/mol. The Morgan fingerprint density at radius 2 is 1.86 bits per heavy atom. The molecule has 2 aliphatic rings. The Kier molecular flexibility index (Phi) is 6.84. The van der Waals surface area contributed by atoms with Gasteiger partial charge in [-0.3, -0.25) is 24.5 Å². The number of halogens is 4. The molecule has 0 radical (unpaired) electrons. The van der Waals surface area contributed by atoms with Gasteiger partial charge in [0.05, 0.1) is 17.0 Å². The van der Waals surface area contributed by atoms with E-state index in [-0.39, 0.29) is 37.7 Å². The first-order valence-electron chi connectivity index (χ1n) is 10.9. The standard InChI is InChI=1S/C24H21ClF3N3O4/c25-18-9-13(5-7-17(18)24(26,27)28)10-21(33)29-11-14-4-6-16-15(8-14)12-31(23(16)35)19-2-1-3-20(32)30-22(19)34/h4-9,19H,1-3,10-12H2,(H,29,33)(H,30,32,34). The molecule has 2 aliphatic heterocycles. The molecule has 1 atom stereocenters. The van der Waals surface area contributed by atoms with E-state index in [0.29, 0.717) is 29.5 Å². The number of nitrogens with one attached hydrogen (secondary N) is 2. The van der Waals surface area contributed by atoms with Crippen LogP contribution in [0.5, 0.6) is 0 Å². The van der Waals surface area contributed by atoms with Gasteiger partial charge in [0.15, 0.2) is 0 Å². The second kappa shape index (κ2) is 9.69. The number of hydrogen-bond acceptors (Lipinski definition) is 4. The molecule has 4 amide bonds. The van der Waals surface area contributed by atoms with Gasteiger partial charge in [0.2, 0.25) is 17.7 Å². The Bertz CT molecular complexity index is 1210. The van der Waals surface area contributed by atoms with Gasteiger partial charge in [-0.15, -0.1) is 0 Å². The summed E-state index contributed by atoms with van der Waals surface area (Å²) in [5.74, 6) is -1.52. The van der Waals surface area contributed by atoms with Crippen molar-refractivity contribution in [1.29, 1.82) is 0 Å². The van der Waals surface area contributed by atoms with E-state index in [1.54, 1.807) is 18.2 Å². The van der Waals surface area contributed by atoms with Crippen molar-refractivity contribution in [3.05, 3.63) is 69.2 Å². The van der Waals surface area contributed by atoms with Crippen molar-refractivity contribution in [2.45, 2.75) is 51.0 Å². The number of imide groups is 1. The highest BCUT2D eigenvalue weighted by Gasteiger charge is 2.38. The second-order valence-electron chi connectivity index (χ2n) is 8.51. The molecule has 1 fully saturated rings. The number of amides is 4. The third kappa shape index (κ3) is 5.48. The Hall–Kier alpha value is -3.40. The van der Waals surface area contributed by atoms with E-state index < -0.39 is 34.6 Å². The molecule has 2 aromatic rings. The predicted octanol–water partition coefficient (Wildman–Crippen LogP) is 3.37. The molecule has 0 aromatic heterocycles. The minimum atomic E-state index is -4.57. The van der Waals surface area contributed by atoms with Crippen LogP contribution in [0.15, 0.2) is 36.4 Å². The molecule has 0 bridgehead atoms. The van der Waals surface area contributed by atoms with E-state index >= 15 is 0 Å².